The Balaban J connectivity index is 2.02. The van der Waals surface area contributed by atoms with E-state index in [0.29, 0.717) is 12.5 Å². The highest BCUT2D eigenvalue weighted by Crippen LogP contribution is 2.15. The maximum absolute atomic E-state index is 10.1. The van der Waals surface area contributed by atoms with Gasteiger partial charge in [0.1, 0.15) is 0 Å². The average Bonchev–Trinajstić information content (AvgIpc) is 2.35. The third-order valence-corrected chi connectivity index (χ3v) is 2.86. The summed E-state index contributed by atoms with van der Waals surface area (Å²) in [6, 6.07) is 9.77. The zero-order valence-electron chi connectivity index (χ0n) is 11.5. The molecule has 1 aromatic heterocycles. The zero-order chi connectivity index (χ0) is 13.8. The van der Waals surface area contributed by atoms with Gasteiger partial charge in [-0.25, -0.2) is 9.97 Å². The lowest BCUT2D eigenvalue weighted by atomic mass is 10.1. The summed E-state index contributed by atoms with van der Waals surface area (Å²) in [5.41, 5.74) is 3.87. The first-order valence-electron chi connectivity index (χ1n) is 6.35. The third-order valence-electron chi connectivity index (χ3n) is 2.86. The van der Waals surface area contributed by atoms with E-state index in [1.54, 1.807) is 0 Å². The Labute approximate surface area is 113 Å². The molecule has 0 fully saturated rings. The number of aryl methyl sites for hydroxylation is 3. The molecule has 1 heterocycles. The number of hydrogen-bond acceptors (Lipinski definition) is 4. The van der Waals surface area contributed by atoms with Crippen LogP contribution in [0.4, 0.5) is 5.95 Å². The number of aliphatic hydroxyl groups excluding tert-OH is 1. The molecule has 2 aromatic rings. The van der Waals surface area contributed by atoms with E-state index >= 15 is 0 Å². The Morgan fingerprint density at radius 1 is 1.11 bits per heavy atom. The molecule has 0 aliphatic carbocycles. The van der Waals surface area contributed by atoms with Gasteiger partial charge in [-0.15, -0.1) is 0 Å². The van der Waals surface area contributed by atoms with Crippen LogP contribution in [-0.4, -0.2) is 21.6 Å². The van der Waals surface area contributed by atoms with Gasteiger partial charge in [0.2, 0.25) is 5.95 Å². The van der Waals surface area contributed by atoms with Crippen molar-refractivity contribution in [1.82, 2.24) is 9.97 Å². The van der Waals surface area contributed by atoms with E-state index in [1.165, 1.54) is 0 Å². The molecule has 0 amide bonds. The van der Waals surface area contributed by atoms with E-state index in [9.17, 15) is 5.11 Å². The van der Waals surface area contributed by atoms with E-state index in [2.05, 4.69) is 15.3 Å². The van der Waals surface area contributed by atoms with Crippen LogP contribution < -0.4 is 5.32 Å². The highest BCUT2D eigenvalue weighted by molar-refractivity contribution is 5.30. The summed E-state index contributed by atoms with van der Waals surface area (Å²) in [5.74, 6) is 0.559. The predicted octanol–water partition coefficient (Wildman–Crippen LogP) is 2.55. The van der Waals surface area contributed by atoms with Crippen LogP contribution in [0.1, 0.15) is 28.6 Å². The van der Waals surface area contributed by atoms with Crippen LogP contribution in [0.5, 0.6) is 0 Å². The van der Waals surface area contributed by atoms with Crippen molar-refractivity contribution in [3.8, 4) is 0 Å². The molecule has 100 valence electrons. The van der Waals surface area contributed by atoms with Gasteiger partial charge >= 0.3 is 0 Å². The minimum atomic E-state index is -0.565. The molecule has 2 N–H and O–H groups in total. The van der Waals surface area contributed by atoms with Crippen LogP contribution in [0.2, 0.25) is 0 Å². The first-order valence-corrected chi connectivity index (χ1v) is 6.35. The summed E-state index contributed by atoms with van der Waals surface area (Å²) in [6.45, 7) is 6.26. The SMILES string of the molecule is Cc1cccc(C(O)CNc2nc(C)cc(C)n2)c1. The highest BCUT2D eigenvalue weighted by Gasteiger charge is 2.08. The lowest BCUT2D eigenvalue weighted by Crippen LogP contribution is -2.14. The van der Waals surface area contributed by atoms with Gasteiger partial charge in [-0.3, -0.25) is 0 Å². The summed E-state index contributed by atoms with van der Waals surface area (Å²) in [7, 11) is 0. The maximum atomic E-state index is 10.1. The fourth-order valence-corrected chi connectivity index (χ4v) is 1.99. The van der Waals surface area contributed by atoms with Crippen molar-refractivity contribution in [3.05, 3.63) is 52.8 Å². The van der Waals surface area contributed by atoms with Crippen molar-refractivity contribution in [2.75, 3.05) is 11.9 Å². The van der Waals surface area contributed by atoms with E-state index in [-0.39, 0.29) is 0 Å². The molecule has 0 saturated heterocycles. The molecule has 0 aliphatic heterocycles. The minimum absolute atomic E-state index is 0.395. The highest BCUT2D eigenvalue weighted by atomic mass is 16.3. The molecule has 4 heteroatoms. The molecule has 1 unspecified atom stereocenters. The summed E-state index contributed by atoms with van der Waals surface area (Å²) in [6.07, 6.45) is -0.565. The summed E-state index contributed by atoms with van der Waals surface area (Å²) >= 11 is 0. The van der Waals surface area contributed by atoms with Crippen molar-refractivity contribution < 1.29 is 5.11 Å². The van der Waals surface area contributed by atoms with Gasteiger partial charge < -0.3 is 10.4 Å². The Morgan fingerprint density at radius 2 is 1.79 bits per heavy atom. The van der Waals surface area contributed by atoms with E-state index in [1.807, 2.05) is 51.1 Å². The number of aromatic nitrogens is 2. The number of rotatable bonds is 4. The molecule has 2 rings (SSSR count). The number of anilines is 1. The first kappa shape index (κ1) is 13.5. The summed E-state index contributed by atoms with van der Waals surface area (Å²) < 4.78 is 0. The van der Waals surface area contributed by atoms with Crippen molar-refractivity contribution >= 4 is 5.95 Å². The fraction of sp³-hybridized carbons (Fsp3) is 0.333. The Morgan fingerprint density at radius 3 is 2.42 bits per heavy atom. The molecule has 0 spiro atoms. The number of nitrogens with zero attached hydrogens (tertiary/aromatic N) is 2. The molecule has 1 aromatic carbocycles. The largest absolute Gasteiger partial charge is 0.387 e. The van der Waals surface area contributed by atoms with Crippen LogP contribution >= 0.6 is 0 Å². The van der Waals surface area contributed by atoms with E-state index in [0.717, 1.165) is 22.5 Å². The van der Waals surface area contributed by atoms with Crippen LogP contribution in [0, 0.1) is 20.8 Å². The molecular weight excluding hydrogens is 238 g/mol. The Kier molecular flexibility index (Phi) is 4.12. The van der Waals surface area contributed by atoms with E-state index in [4.69, 9.17) is 0 Å². The molecule has 0 radical (unpaired) electrons. The monoisotopic (exact) mass is 257 g/mol. The molecule has 0 saturated carbocycles. The van der Waals surface area contributed by atoms with Crippen molar-refractivity contribution in [1.29, 1.82) is 0 Å². The van der Waals surface area contributed by atoms with Gasteiger partial charge in [-0.2, -0.15) is 0 Å². The standard InChI is InChI=1S/C15H19N3O/c1-10-5-4-6-13(7-10)14(19)9-16-15-17-11(2)8-12(3)18-15/h4-8,14,19H,9H2,1-3H3,(H,16,17,18). The number of hydrogen-bond donors (Lipinski definition) is 2. The van der Waals surface area contributed by atoms with Crippen LogP contribution in [0.15, 0.2) is 30.3 Å². The van der Waals surface area contributed by atoms with Gasteiger partial charge in [0, 0.05) is 17.9 Å². The van der Waals surface area contributed by atoms with Gasteiger partial charge in [0.25, 0.3) is 0 Å². The van der Waals surface area contributed by atoms with Crippen LogP contribution in [0.25, 0.3) is 0 Å². The normalized spacial score (nSPS) is 12.2. The average molecular weight is 257 g/mol. The molecule has 0 bridgehead atoms. The summed E-state index contributed by atoms with van der Waals surface area (Å²) in [5, 5.41) is 13.2. The smallest absolute Gasteiger partial charge is 0.223 e. The number of nitrogens with one attached hydrogen (secondary N) is 1. The second-order valence-electron chi connectivity index (χ2n) is 4.79. The van der Waals surface area contributed by atoms with Crippen molar-refractivity contribution in [2.24, 2.45) is 0 Å². The Hall–Kier alpha value is -1.94. The third kappa shape index (κ3) is 3.76. The molecule has 1 atom stereocenters. The second kappa shape index (κ2) is 5.80. The van der Waals surface area contributed by atoms with Gasteiger partial charge in [0.15, 0.2) is 0 Å². The molecule has 0 aliphatic rings. The van der Waals surface area contributed by atoms with Crippen LogP contribution in [0.3, 0.4) is 0 Å². The van der Waals surface area contributed by atoms with Crippen molar-refractivity contribution in [3.63, 3.8) is 0 Å². The quantitative estimate of drug-likeness (QED) is 0.883. The number of aliphatic hydroxyl groups is 1. The van der Waals surface area contributed by atoms with Crippen LogP contribution in [-0.2, 0) is 0 Å². The minimum Gasteiger partial charge on any atom is -0.387 e. The molecule has 4 nitrogen and oxygen atoms in total. The lowest BCUT2D eigenvalue weighted by Gasteiger charge is -2.13. The van der Waals surface area contributed by atoms with Gasteiger partial charge in [-0.1, -0.05) is 29.8 Å². The van der Waals surface area contributed by atoms with Crippen molar-refractivity contribution in [2.45, 2.75) is 26.9 Å². The van der Waals surface area contributed by atoms with E-state index < -0.39 is 6.10 Å². The zero-order valence-corrected chi connectivity index (χ0v) is 11.5. The fourth-order valence-electron chi connectivity index (χ4n) is 1.99. The molecular formula is C15H19N3O. The predicted molar refractivity (Wildman–Crippen MR) is 76.1 cm³/mol. The van der Waals surface area contributed by atoms with Gasteiger partial charge in [0.05, 0.1) is 6.10 Å². The lowest BCUT2D eigenvalue weighted by molar-refractivity contribution is 0.191. The summed E-state index contributed by atoms with van der Waals surface area (Å²) in [4.78, 5) is 8.57. The topological polar surface area (TPSA) is 58.0 Å². The number of benzene rings is 1. The Bertz CT molecular complexity index is 549. The second-order valence-corrected chi connectivity index (χ2v) is 4.79. The molecule has 19 heavy (non-hydrogen) atoms. The van der Waals surface area contributed by atoms with Gasteiger partial charge in [-0.05, 0) is 32.4 Å². The first-order chi connectivity index (χ1) is 9.04. The maximum Gasteiger partial charge on any atom is 0.223 e.